The van der Waals surface area contributed by atoms with Crippen molar-refractivity contribution in [2.75, 3.05) is 0 Å². The molecule has 0 aliphatic carbocycles. The molecule has 0 amide bonds. The van der Waals surface area contributed by atoms with E-state index in [1.807, 2.05) is 13.8 Å². The van der Waals surface area contributed by atoms with Crippen LogP contribution in [0.5, 0.6) is 0 Å². The van der Waals surface area contributed by atoms with Gasteiger partial charge in [-0.25, -0.2) is 0 Å². The van der Waals surface area contributed by atoms with E-state index in [0.29, 0.717) is 17.9 Å². The van der Waals surface area contributed by atoms with Crippen molar-refractivity contribution in [3.63, 3.8) is 0 Å². The van der Waals surface area contributed by atoms with Crippen molar-refractivity contribution in [2.24, 2.45) is 5.92 Å². The summed E-state index contributed by atoms with van der Waals surface area (Å²) in [6, 6.07) is 3.37. The van der Waals surface area contributed by atoms with E-state index in [9.17, 15) is 9.59 Å². The van der Waals surface area contributed by atoms with Crippen LogP contribution in [0.2, 0.25) is 0 Å². The minimum atomic E-state index is -0.145. The van der Waals surface area contributed by atoms with E-state index >= 15 is 0 Å². The smallest absolute Gasteiger partial charge is 0.171 e. The van der Waals surface area contributed by atoms with Crippen LogP contribution in [0, 0.1) is 5.92 Å². The first kappa shape index (κ1) is 11.6. The molecule has 15 heavy (non-hydrogen) atoms. The topological polar surface area (TPSA) is 47.0 Å². The standard InChI is InChI=1S/C12H15NO2/c1-9(2)6-11(14)7-12(15)10-4-3-5-13-8-10/h3-5,8-9H,6-7H2,1-2H3. The normalized spacial score (nSPS) is 10.3. The summed E-state index contributed by atoms with van der Waals surface area (Å²) in [4.78, 5) is 26.8. The Bertz CT molecular complexity index is 344. The van der Waals surface area contributed by atoms with E-state index in [1.165, 1.54) is 6.20 Å². The number of carbonyl (C=O) groups excluding carboxylic acids is 2. The molecule has 1 rings (SSSR count). The Morgan fingerprint density at radius 3 is 2.67 bits per heavy atom. The molecule has 3 nitrogen and oxygen atoms in total. The van der Waals surface area contributed by atoms with E-state index in [0.717, 1.165) is 0 Å². The van der Waals surface area contributed by atoms with Crippen molar-refractivity contribution in [1.29, 1.82) is 0 Å². The van der Waals surface area contributed by atoms with Crippen LogP contribution in [-0.4, -0.2) is 16.6 Å². The van der Waals surface area contributed by atoms with E-state index in [-0.39, 0.29) is 18.0 Å². The van der Waals surface area contributed by atoms with Gasteiger partial charge in [-0.05, 0) is 18.1 Å². The molecular weight excluding hydrogens is 190 g/mol. The fourth-order valence-corrected chi connectivity index (χ4v) is 1.34. The molecule has 0 unspecified atom stereocenters. The van der Waals surface area contributed by atoms with Gasteiger partial charge in [0.05, 0.1) is 6.42 Å². The van der Waals surface area contributed by atoms with Crippen LogP contribution in [0.4, 0.5) is 0 Å². The number of Topliss-reactive ketones (excluding diaryl/α,β-unsaturated/α-hetero) is 2. The minimum Gasteiger partial charge on any atom is -0.299 e. The number of pyridine rings is 1. The summed E-state index contributed by atoms with van der Waals surface area (Å²) in [5, 5.41) is 0. The molecule has 1 heterocycles. The Hall–Kier alpha value is -1.51. The third kappa shape index (κ3) is 4.02. The third-order valence-corrected chi connectivity index (χ3v) is 1.98. The van der Waals surface area contributed by atoms with Gasteiger partial charge >= 0.3 is 0 Å². The summed E-state index contributed by atoms with van der Waals surface area (Å²) in [6.45, 7) is 3.93. The van der Waals surface area contributed by atoms with Crippen LogP contribution >= 0.6 is 0 Å². The molecule has 0 aliphatic rings. The van der Waals surface area contributed by atoms with Gasteiger partial charge in [0.15, 0.2) is 5.78 Å². The second kappa shape index (κ2) is 5.39. The highest BCUT2D eigenvalue weighted by atomic mass is 16.1. The van der Waals surface area contributed by atoms with E-state index in [2.05, 4.69) is 4.98 Å². The summed E-state index contributed by atoms with van der Waals surface area (Å²) in [5.74, 6) is 0.159. The first-order valence-electron chi connectivity index (χ1n) is 5.04. The average Bonchev–Trinajstić information content (AvgIpc) is 2.17. The first-order chi connectivity index (χ1) is 7.09. The molecule has 0 fully saturated rings. The van der Waals surface area contributed by atoms with Crippen molar-refractivity contribution in [2.45, 2.75) is 26.7 Å². The predicted octanol–water partition coefficient (Wildman–Crippen LogP) is 2.27. The molecule has 0 radical (unpaired) electrons. The second-order valence-corrected chi connectivity index (χ2v) is 3.98. The van der Waals surface area contributed by atoms with Crippen molar-refractivity contribution < 1.29 is 9.59 Å². The van der Waals surface area contributed by atoms with E-state index < -0.39 is 0 Å². The molecule has 0 aromatic carbocycles. The molecule has 0 spiro atoms. The van der Waals surface area contributed by atoms with Crippen molar-refractivity contribution >= 4 is 11.6 Å². The van der Waals surface area contributed by atoms with Gasteiger partial charge in [0.2, 0.25) is 0 Å². The quantitative estimate of drug-likeness (QED) is 0.547. The largest absolute Gasteiger partial charge is 0.299 e. The lowest BCUT2D eigenvalue weighted by molar-refractivity contribution is -0.118. The Morgan fingerprint density at radius 1 is 1.40 bits per heavy atom. The highest BCUT2D eigenvalue weighted by Gasteiger charge is 2.12. The second-order valence-electron chi connectivity index (χ2n) is 3.98. The maximum absolute atomic E-state index is 11.6. The maximum atomic E-state index is 11.6. The van der Waals surface area contributed by atoms with Gasteiger partial charge in [-0.2, -0.15) is 0 Å². The Balaban J connectivity index is 2.53. The number of ketones is 2. The van der Waals surface area contributed by atoms with Crippen LogP contribution in [0.15, 0.2) is 24.5 Å². The Labute approximate surface area is 89.5 Å². The zero-order chi connectivity index (χ0) is 11.3. The summed E-state index contributed by atoms with van der Waals surface area (Å²) < 4.78 is 0. The monoisotopic (exact) mass is 205 g/mol. The molecule has 0 N–H and O–H groups in total. The molecule has 3 heteroatoms. The van der Waals surface area contributed by atoms with Crippen LogP contribution in [0.3, 0.4) is 0 Å². The Kier molecular flexibility index (Phi) is 4.16. The number of aromatic nitrogens is 1. The number of hydrogen-bond donors (Lipinski definition) is 0. The molecular formula is C12H15NO2. The third-order valence-electron chi connectivity index (χ3n) is 1.98. The van der Waals surface area contributed by atoms with Gasteiger partial charge < -0.3 is 0 Å². The predicted molar refractivity (Wildman–Crippen MR) is 57.6 cm³/mol. The number of hydrogen-bond acceptors (Lipinski definition) is 3. The Morgan fingerprint density at radius 2 is 2.13 bits per heavy atom. The van der Waals surface area contributed by atoms with Gasteiger partial charge in [0.25, 0.3) is 0 Å². The fraction of sp³-hybridized carbons (Fsp3) is 0.417. The SMILES string of the molecule is CC(C)CC(=O)CC(=O)c1cccnc1. The number of carbonyl (C=O) groups is 2. The highest BCUT2D eigenvalue weighted by Crippen LogP contribution is 2.07. The fourth-order valence-electron chi connectivity index (χ4n) is 1.34. The molecule has 0 aliphatic heterocycles. The molecule has 1 aromatic rings. The first-order valence-corrected chi connectivity index (χ1v) is 5.04. The molecule has 1 aromatic heterocycles. The van der Waals surface area contributed by atoms with Crippen molar-refractivity contribution in [1.82, 2.24) is 4.98 Å². The number of nitrogens with zero attached hydrogens (tertiary/aromatic N) is 1. The summed E-state index contributed by atoms with van der Waals surface area (Å²) in [5.41, 5.74) is 0.509. The van der Waals surface area contributed by atoms with Crippen molar-refractivity contribution in [3.8, 4) is 0 Å². The van der Waals surface area contributed by atoms with Crippen LogP contribution in [-0.2, 0) is 4.79 Å². The van der Waals surface area contributed by atoms with Crippen molar-refractivity contribution in [3.05, 3.63) is 30.1 Å². The average molecular weight is 205 g/mol. The lowest BCUT2D eigenvalue weighted by Crippen LogP contribution is -2.10. The summed E-state index contributed by atoms with van der Waals surface area (Å²) >= 11 is 0. The lowest BCUT2D eigenvalue weighted by Gasteiger charge is -2.02. The highest BCUT2D eigenvalue weighted by molar-refractivity contribution is 6.07. The molecule has 0 saturated heterocycles. The van der Waals surface area contributed by atoms with Gasteiger partial charge in [0, 0.05) is 24.4 Å². The summed E-state index contributed by atoms with van der Waals surface area (Å²) in [7, 11) is 0. The molecule has 0 bridgehead atoms. The van der Waals surface area contributed by atoms with Crippen LogP contribution in [0.1, 0.15) is 37.0 Å². The molecule has 0 atom stereocenters. The van der Waals surface area contributed by atoms with Crippen LogP contribution in [0.25, 0.3) is 0 Å². The molecule has 0 saturated carbocycles. The van der Waals surface area contributed by atoms with Crippen LogP contribution < -0.4 is 0 Å². The number of rotatable bonds is 5. The van der Waals surface area contributed by atoms with Gasteiger partial charge in [-0.3, -0.25) is 14.6 Å². The van der Waals surface area contributed by atoms with E-state index in [4.69, 9.17) is 0 Å². The summed E-state index contributed by atoms with van der Waals surface area (Å²) in [6.07, 6.45) is 3.55. The van der Waals surface area contributed by atoms with Gasteiger partial charge in [-0.15, -0.1) is 0 Å². The zero-order valence-electron chi connectivity index (χ0n) is 9.06. The minimum absolute atomic E-state index is 0.00106. The molecule has 80 valence electrons. The lowest BCUT2D eigenvalue weighted by atomic mass is 10.0. The van der Waals surface area contributed by atoms with Gasteiger partial charge in [-0.1, -0.05) is 13.8 Å². The van der Waals surface area contributed by atoms with E-state index in [1.54, 1.807) is 18.3 Å². The van der Waals surface area contributed by atoms with Gasteiger partial charge in [0.1, 0.15) is 5.78 Å². The maximum Gasteiger partial charge on any atom is 0.171 e. The zero-order valence-corrected chi connectivity index (χ0v) is 9.06.